The van der Waals surface area contributed by atoms with Crippen LogP contribution in [-0.4, -0.2) is 16.2 Å². The SMILES string of the molecule is CCn1cncc(OCC(C)C)c1=O. The van der Waals surface area contributed by atoms with Crippen molar-refractivity contribution in [3.05, 3.63) is 22.9 Å². The predicted octanol–water partition coefficient (Wildman–Crippen LogP) is 1.30. The quantitative estimate of drug-likeness (QED) is 0.729. The van der Waals surface area contributed by atoms with E-state index in [2.05, 4.69) is 4.98 Å². The number of hydrogen-bond acceptors (Lipinski definition) is 3. The summed E-state index contributed by atoms with van der Waals surface area (Å²) in [6.07, 6.45) is 2.99. The third-order valence-corrected chi connectivity index (χ3v) is 1.78. The smallest absolute Gasteiger partial charge is 0.295 e. The van der Waals surface area contributed by atoms with Gasteiger partial charge in [-0.25, -0.2) is 4.98 Å². The molecule has 0 aliphatic carbocycles. The topological polar surface area (TPSA) is 44.1 Å². The van der Waals surface area contributed by atoms with Gasteiger partial charge in [-0.05, 0) is 12.8 Å². The van der Waals surface area contributed by atoms with E-state index < -0.39 is 0 Å². The molecule has 0 N–H and O–H groups in total. The van der Waals surface area contributed by atoms with Crippen LogP contribution in [0.2, 0.25) is 0 Å². The van der Waals surface area contributed by atoms with Gasteiger partial charge in [0, 0.05) is 6.54 Å². The minimum atomic E-state index is -0.108. The van der Waals surface area contributed by atoms with Gasteiger partial charge in [-0.15, -0.1) is 0 Å². The second kappa shape index (κ2) is 4.79. The lowest BCUT2D eigenvalue weighted by atomic mass is 10.2. The van der Waals surface area contributed by atoms with E-state index in [1.165, 1.54) is 17.1 Å². The Bertz CT molecular complexity index is 344. The average molecular weight is 196 g/mol. The van der Waals surface area contributed by atoms with Crippen molar-refractivity contribution in [3.8, 4) is 5.75 Å². The molecule has 4 heteroatoms. The number of ether oxygens (including phenoxy) is 1. The van der Waals surface area contributed by atoms with E-state index >= 15 is 0 Å². The van der Waals surface area contributed by atoms with Crippen molar-refractivity contribution >= 4 is 0 Å². The molecule has 0 aliphatic rings. The highest BCUT2D eigenvalue weighted by Crippen LogP contribution is 2.02. The van der Waals surface area contributed by atoms with Crippen molar-refractivity contribution in [3.63, 3.8) is 0 Å². The van der Waals surface area contributed by atoms with Crippen LogP contribution in [0.1, 0.15) is 20.8 Å². The molecule has 0 radical (unpaired) electrons. The number of hydrogen-bond donors (Lipinski definition) is 0. The Morgan fingerprint density at radius 2 is 2.29 bits per heavy atom. The summed E-state index contributed by atoms with van der Waals surface area (Å²) in [7, 11) is 0. The molecule has 0 fully saturated rings. The zero-order valence-corrected chi connectivity index (χ0v) is 8.86. The summed E-state index contributed by atoms with van der Waals surface area (Å²) in [6.45, 7) is 7.13. The lowest BCUT2D eigenvalue weighted by Crippen LogP contribution is -2.22. The molecule has 0 bridgehead atoms. The highest BCUT2D eigenvalue weighted by molar-refractivity contribution is 5.11. The molecule has 0 aliphatic heterocycles. The lowest BCUT2D eigenvalue weighted by Gasteiger charge is -2.08. The Morgan fingerprint density at radius 1 is 1.57 bits per heavy atom. The van der Waals surface area contributed by atoms with Crippen molar-refractivity contribution < 1.29 is 4.74 Å². The maximum Gasteiger partial charge on any atom is 0.295 e. The van der Waals surface area contributed by atoms with E-state index in [1.807, 2.05) is 20.8 Å². The number of aromatic nitrogens is 2. The van der Waals surface area contributed by atoms with Gasteiger partial charge in [0.25, 0.3) is 5.56 Å². The Kier molecular flexibility index (Phi) is 3.68. The zero-order valence-electron chi connectivity index (χ0n) is 8.86. The van der Waals surface area contributed by atoms with Crippen LogP contribution in [0.15, 0.2) is 17.3 Å². The molecule has 0 unspecified atom stereocenters. The zero-order chi connectivity index (χ0) is 10.6. The fourth-order valence-corrected chi connectivity index (χ4v) is 1.01. The third kappa shape index (κ3) is 2.58. The summed E-state index contributed by atoms with van der Waals surface area (Å²) < 4.78 is 6.87. The van der Waals surface area contributed by atoms with Crippen LogP contribution in [0.3, 0.4) is 0 Å². The largest absolute Gasteiger partial charge is 0.486 e. The minimum Gasteiger partial charge on any atom is -0.486 e. The van der Waals surface area contributed by atoms with Gasteiger partial charge < -0.3 is 4.74 Å². The maximum atomic E-state index is 11.6. The molecule has 1 aromatic heterocycles. The van der Waals surface area contributed by atoms with Gasteiger partial charge in [0.1, 0.15) is 0 Å². The lowest BCUT2D eigenvalue weighted by molar-refractivity contribution is 0.264. The normalized spacial score (nSPS) is 10.6. The second-order valence-electron chi connectivity index (χ2n) is 3.55. The van der Waals surface area contributed by atoms with E-state index in [0.717, 1.165) is 0 Å². The molecule has 0 saturated carbocycles. The Hall–Kier alpha value is -1.32. The summed E-state index contributed by atoms with van der Waals surface area (Å²) in [5, 5.41) is 0. The van der Waals surface area contributed by atoms with Crippen LogP contribution in [0.5, 0.6) is 5.75 Å². The van der Waals surface area contributed by atoms with Gasteiger partial charge >= 0.3 is 0 Å². The Balaban J connectivity index is 2.82. The maximum absolute atomic E-state index is 11.6. The second-order valence-corrected chi connectivity index (χ2v) is 3.55. The van der Waals surface area contributed by atoms with Crippen LogP contribution < -0.4 is 10.3 Å². The van der Waals surface area contributed by atoms with Gasteiger partial charge in [-0.3, -0.25) is 9.36 Å². The van der Waals surface area contributed by atoms with Crippen molar-refractivity contribution in [2.45, 2.75) is 27.3 Å². The molecule has 14 heavy (non-hydrogen) atoms. The van der Waals surface area contributed by atoms with Gasteiger partial charge in [0.15, 0.2) is 0 Å². The summed E-state index contributed by atoms with van der Waals surface area (Å²) in [5.74, 6) is 0.743. The van der Waals surface area contributed by atoms with Gasteiger partial charge in [-0.1, -0.05) is 13.8 Å². The number of aryl methyl sites for hydroxylation is 1. The van der Waals surface area contributed by atoms with Gasteiger partial charge in [0.05, 0.1) is 19.1 Å². The molecule has 0 aromatic carbocycles. The van der Waals surface area contributed by atoms with Crippen LogP contribution in [0.25, 0.3) is 0 Å². The standard InChI is InChI=1S/C10H16N2O2/c1-4-12-7-11-5-9(10(12)13)14-6-8(2)3/h5,7-8H,4,6H2,1-3H3. The number of nitrogens with zero attached hydrogens (tertiary/aromatic N) is 2. The highest BCUT2D eigenvalue weighted by atomic mass is 16.5. The molecule has 0 spiro atoms. The summed E-state index contributed by atoms with van der Waals surface area (Å²) in [4.78, 5) is 15.5. The van der Waals surface area contributed by atoms with Crippen LogP contribution in [0.4, 0.5) is 0 Å². The molecular weight excluding hydrogens is 180 g/mol. The Labute approximate surface area is 83.5 Å². The molecule has 0 saturated heterocycles. The van der Waals surface area contributed by atoms with E-state index in [0.29, 0.717) is 24.8 Å². The van der Waals surface area contributed by atoms with Crippen LogP contribution >= 0.6 is 0 Å². The highest BCUT2D eigenvalue weighted by Gasteiger charge is 2.04. The summed E-state index contributed by atoms with van der Waals surface area (Å²) >= 11 is 0. The van der Waals surface area contributed by atoms with E-state index in [4.69, 9.17) is 4.74 Å². The monoisotopic (exact) mass is 196 g/mol. The minimum absolute atomic E-state index is 0.108. The van der Waals surface area contributed by atoms with Crippen molar-refractivity contribution in [1.29, 1.82) is 0 Å². The first-order valence-corrected chi connectivity index (χ1v) is 4.82. The first kappa shape index (κ1) is 10.8. The molecule has 1 rings (SSSR count). The Morgan fingerprint density at radius 3 is 2.86 bits per heavy atom. The molecule has 1 aromatic rings. The molecule has 1 heterocycles. The van der Waals surface area contributed by atoms with Crippen molar-refractivity contribution in [2.24, 2.45) is 5.92 Å². The average Bonchev–Trinajstić information content (AvgIpc) is 2.16. The first-order chi connectivity index (χ1) is 6.65. The molecule has 78 valence electrons. The van der Waals surface area contributed by atoms with E-state index in [-0.39, 0.29) is 5.56 Å². The van der Waals surface area contributed by atoms with Crippen molar-refractivity contribution in [2.75, 3.05) is 6.61 Å². The van der Waals surface area contributed by atoms with Gasteiger partial charge in [0.2, 0.25) is 5.75 Å². The van der Waals surface area contributed by atoms with Crippen LogP contribution in [-0.2, 0) is 6.54 Å². The fraction of sp³-hybridized carbons (Fsp3) is 0.600. The molecule has 0 amide bonds. The van der Waals surface area contributed by atoms with Crippen molar-refractivity contribution in [1.82, 2.24) is 9.55 Å². The molecule has 0 atom stereocenters. The molecule has 4 nitrogen and oxygen atoms in total. The third-order valence-electron chi connectivity index (χ3n) is 1.78. The van der Waals surface area contributed by atoms with Gasteiger partial charge in [-0.2, -0.15) is 0 Å². The summed E-state index contributed by atoms with van der Waals surface area (Å²) in [6, 6.07) is 0. The summed E-state index contributed by atoms with van der Waals surface area (Å²) in [5.41, 5.74) is -0.108. The van der Waals surface area contributed by atoms with Crippen LogP contribution in [0, 0.1) is 5.92 Å². The predicted molar refractivity (Wildman–Crippen MR) is 54.5 cm³/mol. The fourth-order valence-electron chi connectivity index (χ4n) is 1.01. The van der Waals surface area contributed by atoms with E-state index in [9.17, 15) is 4.79 Å². The van der Waals surface area contributed by atoms with E-state index in [1.54, 1.807) is 0 Å². The molecular formula is C10H16N2O2. The number of rotatable bonds is 4. The first-order valence-electron chi connectivity index (χ1n) is 4.82.